The molecule has 82 valence electrons. The van der Waals surface area contributed by atoms with Gasteiger partial charge in [-0.15, -0.1) is 0 Å². The van der Waals surface area contributed by atoms with Crippen molar-refractivity contribution in [2.75, 3.05) is 7.11 Å². The minimum absolute atomic E-state index is 0.278. The van der Waals surface area contributed by atoms with Crippen LogP contribution in [0.4, 0.5) is 0 Å². The van der Waals surface area contributed by atoms with Gasteiger partial charge < -0.3 is 9.84 Å². The highest BCUT2D eigenvalue weighted by Gasteiger charge is 2.06. The molecule has 0 radical (unpaired) electrons. The quantitative estimate of drug-likeness (QED) is 0.830. The Morgan fingerprint density at radius 2 is 1.81 bits per heavy atom. The summed E-state index contributed by atoms with van der Waals surface area (Å²) >= 11 is 0. The molecule has 2 heteroatoms. The number of hydrogen-bond acceptors (Lipinski definition) is 2. The summed E-state index contributed by atoms with van der Waals surface area (Å²) in [5.41, 5.74) is 3.15. The van der Waals surface area contributed by atoms with Gasteiger partial charge in [0, 0.05) is 0 Å². The molecule has 1 N–H and O–H groups in total. The molecule has 2 nitrogen and oxygen atoms in total. The van der Waals surface area contributed by atoms with Crippen molar-refractivity contribution >= 4 is 0 Å². The number of hydrogen-bond donors (Lipinski definition) is 1. The van der Waals surface area contributed by atoms with Crippen molar-refractivity contribution in [2.45, 2.75) is 6.92 Å². The first kappa shape index (κ1) is 10.6. The summed E-state index contributed by atoms with van der Waals surface area (Å²) in [4.78, 5) is 0. The van der Waals surface area contributed by atoms with Gasteiger partial charge in [-0.3, -0.25) is 0 Å². The number of methoxy groups -OCH3 is 1. The van der Waals surface area contributed by atoms with Crippen LogP contribution in [0.1, 0.15) is 5.56 Å². The van der Waals surface area contributed by atoms with Crippen molar-refractivity contribution in [3.63, 3.8) is 0 Å². The molecule has 0 saturated carbocycles. The van der Waals surface area contributed by atoms with Gasteiger partial charge >= 0.3 is 0 Å². The number of rotatable bonds is 2. The fourth-order valence-corrected chi connectivity index (χ4v) is 1.82. The maximum atomic E-state index is 9.46. The molecule has 0 atom stereocenters. The Morgan fingerprint density at radius 1 is 1.06 bits per heavy atom. The Hall–Kier alpha value is -1.96. The van der Waals surface area contributed by atoms with Crippen LogP contribution in [-0.2, 0) is 0 Å². The maximum absolute atomic E-state index is 9.46. The van der Waals surface area contributed by atoms with Gasteiger partial charge in [0.05, 0.1) is 7.11 Å². The van der Waals surface area contributed by atoms with Crippen LogP contribution < -0.4 is 4.74 Å². The zero-order valence-electron chi connectivity index (χ0n) is 9.40. The molecule has 0 unspecified atom stereocenters. The number of phenols is 1. The minimum Gasteiger partial charge on any atom is -0.508 e. The second-order valence-corrected chi connectivity index (χ2v) is 3.68. The van der Waals surface area contributed by atoms with Crippen molar-refractivity contribution in [3.8, 4) is 22.6 Å². The van der Waals surface area contributed by atoms with E-state index < -0.39 is 0 Å². The van der Waals surface area contributed by atoms with Gasteiger partial charge in [-0.1, -0.05) is 24.3 Å². The van der Waals surface area contributed by atoms with Crippen LogP contribution in [0.2, 0.25) is 0 Å². The molecule has 0 spiro atoms. The molecule has 0 saturated heterocycles. The number of benzene rings is 2. The summed E-state index contributed by atoms with van der Waals surface area (Å²) < 4.78 is 5.27. The third-order valence-corrected chi connectivity index (χ3v) is 2.66. The van der Waals surface area contributed by atoms with E-state index in [1.807, 2.05) is 37.3 Å². The van der Waals surface area contributed by atoms with Crippen LogP contribution in [-0.4, -0.2) is 12.2 Å². The fourth-order valence-electron chi connectivity index (χ4n) is 1.82. The highest BCUT2D eigenvalue weighted by Crippen LogP contribution is 2.31. The lowest BCUT2D eigenvalue weighted by molar-refractivity contribution is 0.412. The maximum Gasteiger partial charge on any atom is 0.122 e. The predicted octanol–water partition coefficient (Wildman–Crippen LogP) is 3.38. The Kier molecular flexibility index (Phi) is 2.82. The molecular formula is C14H14O2. The molecule has 2 aromatic carbocycles. The average Bonchev–Trinajstić information content (AvgIpc) is 2.29. The Labute approximate surface area is 95.1 Å². The molecule has 0 aliphatic rings. The first-order chi connectivity index (χ1) is 7.72. The zero-order valence-corrected chi connectivity index (χ0v) is 9.40. The molecular weight excluding hydrogens is 200 g/mol. The standard InChI is InChI=1S/C14H14O2/c1-10-13(7-4-8-14(10)16-2)11-5-3-6-12(15)9-11/h3-9,15H,1-2H3. The highest BCUT2D eigenvalue weighted by molar-refractivity contribution is 5.70. The summed E-state index contributed by atoms with van der Waals surface area (Å²) in [5.74, 6) is 1.14. The van der Waals surface area contributed by atoms with Crippen molar-refractivity contribution in [1.82, 2.24) is 0 Å². The van der Waals surface area contributed by atoms with E-state index in [2.05, 4.69) is 0 Å². The molecule has 0 aliphatic carbocycles. The smallest absolute Gasteiger partial charge is 0.122 e. The Bertz CT molecular complexity index is 504. The molecule has 0 heterocycles. The molecule has 0 bridgehead atoms. The summed E-state index contributed by atoms with van der Waals surface area (Å²) in [6, 6.07) is 13.1. The van der Waals surface area contributed by atoms with Crippen LogP contribution in [0, 0.1) is 6.92 Å². The summed E-state index contributed by atoms with van der Waals surface area (Å²) in [5, 5.41) is 9.46. The second kappa shape index (κ2) is 4.27. The lowest BCUT2D eigenvalue weighted by Gasteiger charge is -2.10. The summed E-state index contributed by atoms with van der Waals surface area (Å²) in [6.07, 6.45) is 0. The monoisotopic (exact) mass is 214 g/mol. The summed E-state index contributed by atoms with van der Waals surface area (Å²) in [6.45, 7) is 2.01. The SMILES string of the molecule is COc1cccc(-c2cccc(O)c2)c1C. The lowest BCUT2D eigenvalue weighted by Crippen LogP contribution is -1.89. The van der Waals surface area contributed by atoms with Crippen LogP contribution in [0.25, 0.3) is 11.1 Å². The molecule has 0 fully saturated rings. The second-order valence-electron chi connectivity index (χ2n) is 3.68. The summed E-state index contributed by atoms with van der Waals surface area (Å²) in [7, 11) is 1.66. The van der Waals surface area contributed by atoms with E-state index in [1.165, 1.54) is 0 Å². The van der Waals surface area contributed by atoms with E-state index in [0.29, 0.717) is 0 Å². The van der Waals surface area contributed by atoms with Crippen LogP contribution in [0.5, 0.6) is 11.5 Å². The first-order valence-corrected chi connectivity index (χ1v) is 5.15. The predicted molar refractivity (Wildman–Crippen MR) is 64.8 cm³/mol. The van der Waals surface area contributed by atoms with E-state index in [9.17, 15) is 5.11 Å². The van der Waals surface area contributed by atoms with Crippen molar-refractivity contribution < 1.29 is 9.84 Å². The van der Waals surface area contributed by atoms with Gasteiger partial charge in [0.1, 0.15) is 11.5 Å². The van der Waals surface area contributed by atoms with E-state index in [-0.39, 0.29) is 5.75 Å². The Morgan fingerprint density at radius 3 is 2.50 bits per heavy atom. The topological polar surface area (TPSA) is 29.5 Å². The van der Waals surface area contributed by atoms with Crippen LogP contribution in [0.15, 0.2) is 42.5 Å². The van der Waals surface area contributed by atoms with Crippen molar-refractivity contribution in [1.29, 1.82) is 0 Å². The molecule has 0 aromatic heterocycles. The van der Waals surface area contributed by atoms with Gasteiger partial charge in [0.15, 0.2) is 0 Å². The van der Waals surface area contributed by atoms with Gasteiger partial charge in [0.25, 0.3) is 0 Å². The zero-order chi connectivity index (χ0) is 11.5. The van der Waals surface area contributed by atoms with Gasteiger partial charge in [-0.25, -0.2) is 0 Å². The highest BCUT2D eigenvalue weighted by atomic mass is 16.5. The molecule has 2 aromatic rings. The van der Waals surface area contributed by atoms with E-state index in [0.717, 1.165) is 22.4 Å². The van der Waals surface area contributed by atoms with Gasteiger partial charge in [0.2, 0.25) is 0 Å². The minimum atomic E-state index is 0.278. The Balaban J connectivity index is 2.56. The normalized spacial score (nSPS) is 10.1. The van der Waals surface area contributed by atoms with E-state index in [4.69, 9.17) is 4.74 Å². The number of aromatic hydroxyl groups is 1. The fraction of sp³-hybridized carbons (Fsp3) is 0.143. The van der Waals surface area contributed by atoms with Crippen LogP contribution >= 0.6 is 0 Å². The third kappa shape index (κ3) is 1.87. The third-order valence-electron chi connectivity index (χ3n) is 2.66. The number of ether oxygens (including phenoxy) is 1. The molecule has 0 aliphatic heterocycles. The van der Waals surface area contributed by atoms with Crippen molar-refractivity contribution in [2.24, 2.45) is 0 Å². The first-order valence-electron chi connectivity index (χ1n) is 5.15. The largest absolute Gasteiger partial charge is 0.508 e. The van der Waals surface area contributed by atoms with Gasteiger partial charge in [-0.2, -0.15) is 0 Å². The number of phenolic OH excluding ortho intramolecular Hbond substituents is 1. The lowest BCUT2D eigenvalue weighted by atomic mass is 10.00. The molecule has 16 heavy (non-hydrogen) atoms. The molecule has 2 rings (SSSR count). The van der Waals surface area contributed by atoms with Crippen molar-refractivity contribution in [3.05, 3.63) is 48.0 Å². The van der Waals surface area contributed by atoms with E-state index in [1.54, 1.807) is 19.2 Å². The van der Waals surface area contributed by atoms with E-state index >= 15 is 0 Å². The average molecular weight is 214 g/mol. The van der Waals surface area contributed by atoms with Crippen LogP contribution in [0.3, 0.4) is 0 Å². The van der Waals surface area contributed by atoms with Gasteiger partial charge in [-0.05, 0) is 41.8 Å². The molecule has 0 amide bonds.